The fraction of sp³-hybridized carbons (Fsp3) is 0.344. The molecule has 14 heteroatoms. The molecule has 6 unspecified atom stereocenters. The van der Waals surface area contributed by atoms with Crippen LogP contribution in [0.15, 0.2) is 97.1 Å². The number of para-hydroxylation sites is 4. The Hall–Kier alpha value is -7.36. The molecule has 4 aromatic heterocycles. The van der Waals surface area contributed by atoms with E-state index < -0.39 is 47.0 Å². The van der Waals surface area contributed by atoms with E-state index in [0.29, 0.717) is 12.8 Å². The third-order valence-corrected chi connectivity index (χ3v) is 19.3. The van der Waals surface area contributed by atoms with Gasteiger partial charge in [-0.25, -0.2) is 9.59 Å². The second-order valence-electron chi connectivity index (χ2n) is 22.8. The summed E-state index contributed by atoms with van der Waals surface area (Å²) in [4.78, 5) is 55.6. The van der Waals surface area contributed by atoms with Crippen molar-refractivity contribution in [1.82, 2.24) is 18.3 Å². The quantitative estimate of drug-likeness (QED) is 0.0960. The number of fused-ring (bicyclic) bond motifs is 26. The Balaban J connectivity index is 0.732. The molecule has 4 bridgehead atoms. The Morgan fingerprint density at radius 1 is 0.507 bits per heavy atom. The number of carbonyl (C=O) groups is 4. The summed E-state index contributed by atoms with van der Waals surface area (Å²) in [6, 6.07) is 31.7. The van der Waals surface area contributed by atoms with Gasteiger partial charge in [0.25, 0.3) is 0 Å². The molecule has 14 nitrogen and oxygen atoms in total. The fourth-order valence-corrected chi connectivity index (χ4v) is 16.1. The highest BCUT2D eigenvalue weighted by Crippen LogP contribution is 2.62. The average molecular weight is 1000 g/mol. The molecular weight excluding hydrogens is 949 g/mol. The number of ketones is 2. The summed E-state index contributed by atoms with van der Waals surface area (Å²) in [5, 5.41) is 53.1. The lowest BCUT2D eigenvalue weighted by atomic mass is 9.87. The zero-order valence-electron chi connectivity index (χ0n) is 41.4. The van der Waals surface area contributed by atoms with E-state index in [4.69, 9.17) is 9.47 Å². The number of unbranched alkanes of at least 4 members (excludes halogenated alkanes) is 4. The first-order chi connectivity index (χ1) is 36.2. The largest absolute Gasteiger partial charge is 0.479 e. The Kier molecular flexibility index (Phi) is 8.39. The van der Waals surface area contributed by atoms with Gasteiger partial charge in [0.05, 0.1) is 44.1 Å². The van der Waals surface area contributed by atoms with E-state index in [2.05, 4.69) is 0 Å². The Morgan fingerprint density at radius 3 is 1.24 bits per heavy atom. The van der Waals surface area contributed by atoms with Gasteiger partial charge in [0.1, 0.15) is 12.5 Å². The maximum atomic E-state index is 14.6. The molecular formula is C61H52N4O10. The van der Waals surface area contributed by atoms with Gasteiger partial charge in [0, 0.05) is 79.9 Å². The zero-order valence-corrected chi connectivity index (χ0v) is 41.4. The first-order valence-electron chi connectivity index (χ1n) is 26.6. The zero-order chi connectivity index (χ0) is 51.0. The summed E-state index contributed by atoms with van der Waals surface area (Å²) in [6.07, 6.45) is 5.12. The third-order valence-electron chi connectivity index (χ3n) is 19.3. The standard InChI is InChI=1S/C61H52N4O10/c1-58-60(72,56(68)69)28-42(74-58)62-36-22-12-8-18-32(36)48-50-40(66)26-30(44(50)46-34-20-10-14-24-38(34)64(58)54(46)52(48)62)16-6-4-3-5-7-17-31-27-41(67)51-45(31)47-35-21-11-15-25-39(35)65-55(47)53-49(51)33-19-9-13-23-37(33)63(53)43-29-61(73,57(70)71)59(65,2)75-43/h8-15,18-25,30-31,42-43,72-73H,3-7,16-17,26-29H2,1-2H3,(H,68,69)(H,70,71)/t30?,31?,42?,43?,58?,59?,60-,61-/m0/s1. The Bertz CT molecular complexity index is 4090. The summed E-state index contributed by atoms with van der Waals surface area (Å²) in [5.41, 5.74) is 2.09. The number of carboxylic acid groups (broad SMARTS) is 2. The van der Waals surface area contributed by atoms with Gasteiger partial charge in [-0.15, -0.1) is 0 Å². The molecule has 0 saturated carbocycles. The third kappa shape index (κ3) is 4.97. The number of ether oxygens (including phenoxy) is 2. The lowest BCUT2D eigenvalue weighted by Gasteiger charge is -2.36. The molecule has 4 aliphatic heterocycles. The van der Waals surface area contributed by atoms with Gasteiger partial charge < -0.3 is 48.2 Å². The summed E-state index contributed by atoms with van der Waals surface area (Å²) >= 11 is 0. The predicted molar refractivity (Wildman–Crippen MR) is 283 cm³/mol. The summed E-state index contributed by atoms with van der Waals surface area (Å²) in [5.74, 6) is -2.60. The lowest BCUT2D eigenvalue weighted by molar-refractivity contribution is -0.200. The van der Waals surface area contributed by atoms with Gasteiger partial charge in [0.2, 0.25) is 11.2 Å². The van der Waals surface area contributed by atoms with Crippen LogP contribution in [-0.4, -0.2) is 73.4 Å². The van der Waals surface area contributed by atoms with Crippen LogP contribution in [0.3, 0.4) is 0 Å². The number of rotatable bonds is 10. The van der Waals surface area contributed by atoms with E-state index in [1.807, 2.05) is 115 Å². The highest BCUT2D eigenvalue weighted by Gasteiger charge is 2.67. The molecule has 2 aliphatic carbocycles. The highest BCUT2D eigenvalue weighted by molar-refractivity contribution is 6.33. The van der Waals surface area contributed by atoms with E-state index >= 15 is 0 Å². The normalized spacial score (nSPS) is 28.3. The molecule has 0 radical (unpaired) electrons. The van der Waals surface area contributed by atoms with Crippen LogP contribution in [0.5, 0.6) is 0 Å². The van der Waals surface area contributed by atoms with E-state index in [1.165, 1.54) is 0 Å². The van der Waals surface area contributed by atoms with Crippen molar-refractivity contribution in [2.24, 2.45) is 0 Å². The van der Waals surface area contributed by atoms with Crippen molar-refractivity contribution in [2.45, 2.75) is 131 Å². The number of benzene rings is 6. The minimum atomic E-state index is -2.24. The Labute approximate surface area is 427 Å². The van der Waals surface area contributed by atoms with Gasteiger partial charge in [-0.3, -0.25) is 9.59 Å². The van der Waals surface area contributed by atoms with Crippen molar-refractivity contribution >= 4 is 111 Å². The van der Waals surface area contributed by atoms with Crippen molar-refractivity contribution < 1.29 is 49.1 Å². The SMILES string of the molecule is CC12OC(C[C@]1(O)C(=O)O)n1c3ccccc3c3c4c(c5c6ccccc6n2c5c31)C(CCCCCCCC1CC(=O)c2c1c1c3ccccc3n3c1c1c2c2ccccc2n1C1C[C@](O)(C(=O)O)C3(C)O1)CC4=O. The maximum Gasteiger partial charge on any atom is 0.341 e. The van der Waals surface area contributed by atoms with Gasteiger partial charge in [-0.1, -0.05) is 105 Å². The number of Topliss-reactive ketones (excluding diaryl/α,β-unsaturated/α-hetero) is 2. The number of hydrogen-bond donors (Lipinski definition) is 4. The van der Waals surface area contributed by atoms with Crippen molar-refractivity contribution in [1.29, 1.82) is 0 Å². The molecule has 2 saturated heterocycles. The number of carbonyl (C=O) groups excluding carboxylic acids is 2. The van der Waals surface area contributed by atoms with Crippen LogP contribution in [0, 0.1) is 0 Å². The van der Waals surface area contributed by atoms with Gasteiger partial charge in [-0.2, -0.15) is 0 Å². The maximum absolute atomic E-state index is 14.6. The summed E-state index contributed by atoms with van der Waals surface area (Å²) in [6.45, 7) is 3.37. The molecule has 376 valence electrons. The van der Waals surface area contributed by atoms with Crippen LogP contribution in [0.1, 0.15) is 141 Å². The van der Waals surface area contributed by atoms with E-state index in [-0.39, 0.29) is 36.2 Å². The average Bonchev–Trinajstić information content (AvgIpc) is 4.36. The smallest absolute Gasteiger partial charge is 0.341 e. The van der Waals surface area contributed by atoms with Crippen molar-refractivity contribution in [3.63, 3.8) is 0 Å². The Morgan fingerprint density at radius 2 is 0.853 bits per heavy atom. The molecule has 0 amide bonds. The topological polar surface area (TPSA) is 187 Å². The van der Waals surface area contributed by atoms with Crippen molar-refractivity contribution in [3.8, 4) is 0 Å². The predicted octanol–water partition coefficient (Wildman–Crippen LogP) is 11.7. The molecule has 6 aromatic carbocycles. The molecule has 8 heterocycles. The van der Waals surface area contributed by atoms with Gasteiger partial charge >= 0.3 is 11.9 Å². The van der Waals surface area contributed by atoms with E-state index in [9.17, 15) is 39.6 Å². The monoisotopic (exact) mass is 1000 g/mol. The summed E-state index contributed by atoms with van der Waals surface area (Å²) < 4.78 is 21.5. The van der Waals surface area contributed by atoms with E-state index in [0.717, 1.165) is 154 Å². The molecule has 8 atom stereocenters. The molecule has 10 aromatic rings. The van der Waals surface area contributed by atoms with Gasteiger partial charge in [0.15, 0.2) is 23.0 Å². The number of aliphatic carboxylic acids is 2. The molecule has 2 fully saturated rings. The molecule has 75 heavy (non-hydrogen) atoms. The van der Waals surface area contributed by atoms with Crippen LogP contribution in [0.4, 0.5) is 0 Å². The van der Waals surface area contributed by atoms with Crippen LogP contribution >= 0.6 is 0 Å². The highest BCUT2D eigenvalue weighted by atomic mass is 16.6. The lowest BCUT2D eigenvalue weighted by Crippen LogP contribution is -2.55. The fourth-order valence-electron chi connectivity index (χ4n) is 16.1. The van der Waals surface area contributed by atoms with Crippen molar-refractivity contribution in [3.05, 3.63) is 119 Å². The van der Waals surface area contributed by atoms with Crippen LogP contribution in [0.2, 0.25) is 0 Å². The van der Waals surface area contributed by atoms with Crippen molar-refractivity contribution in [2.75, 3.05) is 0 Å². The number of nitrogens with zero attached hydrogens (tertiary/aromatic N) is 4. The van der Waals surface area contributed by atoms with Crippen LogP contribution < -0.4 is 0 Å². The molecule has 4 N–H and O–H groups in total. The number of aromatic nitrogens is 4. The van der Waals surface area contributed by atoms with Crippen LogP contribution in [-0.2, 0) is 30.5 Å². The minimum Gasteiger partial charge on any atom is -0.479 e. The number of aliphatic hydroxyl groups is 2. The van der Waals surface area contributed by atoms with Crippen LogP contribution in [0.25, 0.3) is 87.2 Å². The molecule has 6 aliphatic rings. The first kappa shape index (κ1) is 44.0. The number of carboxylic acids is 2. The summed E-state index contributed by atoms with van der Waals surface area (Å²) in [7, 11) is 0. The number of hydrogen-bond acceptors (Lipinski definition) is 8. The van der Waals surface area contributed by atoms with Gasteiger partial charge in [-0.05, 0) is 73.9 Å². The second-order valence-corrected chi connectivity index (χ2v) is 22.8. The minimum absolute atomic E-state index is 0.0653. The second kappa shape index (κ2) is 14.3. The first-order valence-corrected chi connectivity index (χ1v) is 26.6. The molecule has 16 rings (SSSR count). The van der Waals surface area contributed by atoms with E-state index in [1.54, 1.807) is 13.8 Å². The molecule has 0 spiro atoms.